The van der Waals surface area contributed by atoms with E-state index in [1.165, 1.54) is 12.1 Å². The maximum Gasteiger partial charge on any atom is 0.303 e. The summed E-state index contributed by atoms with van der Waals surface area (Å²) in [6.45, 7) is 0.0794. The van der Waals surface area contributed by atoms with E-state index in [1.807, 2.05) is 0 Å². The Hall–Kier alpha value is -2.11. The average Bonchev–Trinajstić information content (AvgIpc) is 2.23. The van der Waals surface area contributed by atoms with Gasteiger partial charge in [-0.05, 0) is 18.6 Å². The maximum atomic E-state index is 13.3. The van der Waals surface area contributed by atoms with Crippen LogP contribution in [-0.2, 0) is 4.79 Å². The van der Waals surface area contributed by atoms with Gasteiger partial charge >= 0.3 is 5.97 Å². The van der Waals surface area contributed by atoms with Crippen molar-refractivity contribution >= 4 is 11.9 Å². The molecule has 0 heterocycles. The van der Waals surface area contributed by atoms with Crippen LogP contribution in [0.15, 0.2) is 18.2 Å². The molecule has 6 heteroatoms. The molecule has 0 atom stereocenters. The Morgan fingerprint density at radius 3 is 2.71 bits per heavy atom. The Bertz CT molecular complexity index is 433. The summed E-state index contributed by atoms with van der Waals surface area (Å²) in [6, 6.07) is 3.89. The Morgan fingerprint density at radius 1 is 1.41 bits per heavy atom. The van der Waals surface area contributed by atoms with E-state index in [-0.39, 0.29) is 30.8 Å². The Balaban J connectivity index is 2.67. The minimum absolute atomic E-state index is 0.0305. The second kappa shape index (κ2) is 5.83. The minimum atomic E-state index is -0.942. The maximum absolute atomic E-state index is 13.3. The van der Waals surface area contributed by atoms with E-state index < -0.39 is 17.7 Å². The van der Waals surface area contributed by atoms with Gasteiger partial charge in [-0.2, -0.15) is 0 Å². The molecule has 0 aliphatic carbocycles. The number of ether oxygens (including phenoxy) is 1. The van der Waals surface area contributed by atoms with Gasteiger partial charge in [0.25, 0.3) is 5.91 Å². The summed E-state index contributed by atoms with van der Waals surface area (Å²) in [4.78, 5) is 21.2. The van der Waals surface area contributed by atoms with Crippen molar-refractivity contribution in [2.24, 2.45) is 5.73 Å². The monoisotopic (exact) mass is 241 g/mol. The molecule has 0 saturated carbocycles. The summed E-state index contributed by atoms with van der Waals surface area (Å²) >= 11 is 0. The lowest BCUT2D eigenvalue weighted by molar-refractivity contribution is -0.137. The van der Waals surface area contributed by atoms with Crippen LogP contribution in [0, 0.1) is 5.82 Å². The molecule has 0 aromatic heterocycles. The van der Waals surface area contributed by atoms with Crippen LogP contribution in [0.3, 0.4) is 0 Å². The molecule has 1 aromatic carbocycles. The third-order valence-electron chi connectivity index (χ3n) is 2.01. The van der Waals surface area contributed by atoms with Crippen molar-refractivity contribution in [1.82, 2.24) is 0 Å². The summed E-state index contributed by atoms with van der Waals surface area (Å²) in [6.07, 6.45) is 0.214. The zero-order chi connectivity index (χ0) is 12.8. The number of halogens is 1. The topological polar surface area (TPSA) is 89.6 Å². The Kier molecular flexibility index (Phi) is 4.45. The highest BCUT2D eigenvalue weighted by Gasteiger charge is 2.14. The fraction of sp³-hybridized carbons (Fsp3) is 0.273. The van der Waals surface area contributed by atoms with Crippen molar-refractivity contribution in [2.75, 3.05) is 6.61 Å². The predicted octanol–water partition coefficient (Wildman–Crippen LogP) is 1.17. The number of aliphatic carboxylic acids is 1. The normalized spacial score (nSPS) is 9.94. The predicted molar refractivity (Wildman–Crippen MR) is 57.3 cm³/mol. The summed E-state index contributed by atoms with van der Waals surface area (Å²) in [5.41, 5.74) is 4.70. The second-order valence-electron chi connectivity index (χ2n) is 3.32. The van der Waals surface area contributed by atoms with Crippen LogP contribution in [0.2, 0.25) is 0 Å². The van der Waals surface area contributed by atoms with Crippen LogP contribution in [-0.4, -0.2) is 23.6 Å². The van der Waals surface area contributed by atoms with Crippen LogP contribution in [0.25, 0.3) is 0 Å². The van der Waals surface area contributed by atoms with Gasteiger partial charge in [-0.3, -0.25) is 9.59 Å². The molecule has 17 heavy (non-hydrogen) atoms. The number of carbonyl (C=O) groups is 2. The fourth-order valence-corrected chi connectivity index (χ4v) is 1.27. The fourth-order valence-electron chi connectivity index (χ4n) is 1.27. The highest BCUT2D eigenvalue weighted by Crippen LogP contribution is 2.21. The molecule has 1 aromatic rings. The highest BCUT2D eigenvalue weighted by atomic mass is 19.1. The van der Waals surface area contributed by atoms with Crippen molar-refractivity contribution in [1.29, 1.82) is 0 Å². The van der Waals surface area contributed by atoms with Crippen molar-refractivity contribution in [3.63, 3.8) is 0 Å². The van der Waals surface area contributed by atoms with Crippen LogP contribution in [0.1, 0.15) is 23.2 Å². The van der Waals surface area contributed by atoms with E-state index in [1.54, 1.807) is 0 Å². The number of primary amides is 1. The molecule has 0 bridgehead atoms. The highest BCUT2D eigenvalue weighted by molar-refractivity contribution is 5.95. The van der Waals surface area contributed by atoms with Gasteiger partial charge in [-0.1, -0.05) is 6.07 Å². The Labute approximate surface area is 97.0 Å². The second-order valence-corrected chi connectivity index (χ2v) is 3.32. The number of hydrogen-bond acceptors (Lipinski definition) is 3. The number of amides is 1. The van der Waals surface area contributed by atoms with E-state index >= 15 is 0 Å². The summed E-state index contributed by atoms with van der Waals surface area (Å²) in [5.74, 6) is -2.59. The lowest BCUT2D eigenvalue weighted by atomic mass is 10.2. The van der Waals surface area contributed by atoms with Gasteiger partial charge in [-0.25, -0.2) is 4.39 Å². The number of rotatable bonds is 6. The van der Waals surface area contributed by atoms with Gasteiger partial charge in [0.1, 0.15) is 17.1 Å². The van der Waals surface area contributed by atoms with E-state index in [2.05, 4.69) is 0 Å². The van der Waals surface area contributed by atoms with Crippen LogP contribution in [0.5, 0.6) is 5.75 Å². The number of hydrogen-bond donors (Lipinski definition) is 2. The molecule has 0 spiro atoms. The van der Waals surface area contributed by atoms with Gasteiger partial charge in [0.2, 0.25) is 0 Å². The lowest BCUT2D eigenvalue weighted by Gasteiger charge is -2.09. The zero-order valence-electron chi connectivity index (χ0n) is 8.98. The first-order valence-corrected chi connectivity index (χ1v) is 4.95. The first kappa shape index (κ1) is 13.0. The smallest absolute Gasteiger partial charge is 0.303 e. The molecule has 92 valence electrons. The van der Waals surface area contributed by atoms with Crippen molar-refractivity contribution in [3.8, 4) is 5.75 Å². The SMILES string of the molecule is NC(=O)c1c(F)cccc1OCCCC(=O)O. The number of carboxylic acids is 1. The number of carboxylic acid groups (broad SMARTS) is 1. The third kappa shape index (κ3) is 3.75. The number of nitrogens with two attached hydrogens (primary N) is 1. The molecule has 1 rings (SSSR count). The molecule has 3 N–H and O–H groups in total. The summed E-state index contributed by atoms with van der Waals surface area (Å²) in [5, 5.41) is 8.41. The van der Waals surface area contributed by atoms with Gasteiger partial charge in [0, 0.05) is 6.42 Å². The molecule has 0 unspecified atom stereocenters. The standard InChI is InChI=1S/C11H12FNO4/c12-7-3-1-4-8(10(7)11(13)16)17-6-2-5-9(14)15/h1,3-4H,2,5-6H2,(H2,13,16)(H,14,15). The summed E-state index contributed by atoms with van der Waals surface area (Å²) < 4.78 is 18.4. The minimum Gasteiger partial charge on any atom is -0.493 e. The molecule has 5 nitrogen and oxygen atoms in total. The average molecular weight is 241 g/mol. The quantitative estimate of drug-likeness (QED) is 0.731. The molecular formula is C11H12FNO4. The summed E-state index contributed by atoms with van der Waals surface area (Å²) in [7, 11) is 0. The van der Waals surface area contributed by atoms with E-state index in [4.69, 9.17) is 15.6 Å². The van der Waals surface area contributed by atoms with E-state index in [0.717, 1.165) is 6.07 Å². The molecule has 0 aliphatic heterocycles. The first-order chi connectivity index (χ1) is 8.02. The first-order valence-electron chi connectivity index (χ1n) is 4.95. The molecule has 1 amide bonds. The lowest BCUT2D eigenvalue weighted by Crippen LogP contribution is -2.15. The third-order valence-corrected chi connectivity index (χ3v) is 2.01. The van der Waals surface area contributed by atoms with Crippen molar-refractivity contribution in [3.05, 3.63) is 29.6 Å². The number of benzene rings is 1. The van der Waals surface area contributed by atoms with Crippen molar-refractivity contribution < 1.29 is 23.8 Å². The number of carbonyl (C=O) groups excluding carboxylic acids is 1. The van der Waals surface area contributed by atoms with Gasteiger partial charge in [-0.15, -0.1) is 0 Å². The van der Waals surface area contributed by atoms with Crippen molar-refractivity contribution in [2.45, 2.75) is 12.8 Å². The molecule has 0 aliphatic rings. The van der Waals surface area contributed by atoms with Crippen LogP contribution in [0.4, 0.5) is 4.39 Å². The van der Waals surface area contributed by atoms with E-state index in [0.29, 0.717) is 0 Å². The zero-order valence-corrected chi connectivity index (χ0v) is 8.98. The largest absolute Gasteiger partial charge is 0.493 e. The molecular weight excluding hydrogens is 229 g/mol. The van der Waals surface area contributed by atoms with Gasteiger partial charge in [0.05, 0.1) is 6.61 Å². The van der Waals surface area contributed by atoms with Crippen LogP contribution < -0.4 is 10.5 Å². The van der Waals surface area contributed by atoms with E-state index in [9.17, 15) is 14.0 Å². The molecule has 0 radical (unpaired) electrons. The molecule has 0 saturated heterocycles. The Morgan fingerprint density at radius 2 is 2.12 bits per heavy atom. The van der Waals surface area contributed by atoms with Gasteiger partial charge in [0.15, 0.2) is 0 Å². The van der Waals surface area contributed by atoms with Crippen LogP contribution >= 0.6 is 0 Å². The molecule has 0 fully saturated rings. The van der Waals surface area contributed by atoms with Gasteiger partial charge < -0.3 is 15.6 Å².